The summed E-state index contributed by atoms with van der Waals surface area (Å²) < 4.78 is 5.58. The zero-order chi connectivity index (χ0) is 15.9. The maximum Gasteiger partial charge on any atom is 0.261 e. The van der Waals surface area contributed by atoms with E-state index in [1.54, 1.807) is 43.3 Å². The summed E-state index contributed by atoms with van der Waals surface area (Å²) in [6.07, 6.45) is -0.624. The van der Waals surface area contributed by atoms with E-state index >= 15 is 0 Å². The van der Waals surface area contributed by atoms with Crippen LogP contribution in [0.25, 0.3) is 0 Å². The van der Waals surface area contributed by atoms with Crippen LogP contribution in [-0.2, 0) is 17.9 Å². The molecule has 116 valence electrons. The van der Waals surface area contributed by atoms with E-state index < -0.39 is 6.10 Å². The van der Waals surface area contributed by atoms with Gasteiger partial charge in [0.05, 0.1) is 6.61 Å². The molecule has 5 heteroatoms. The molecule has 2 aromatic carbocycles. The topological polar surface area (TPSA) is 58.6 Å². The average molecular weight is 320 g/mol. The molecule has 1 unspecified atom stereocenters. The summed E-state index contributed by atoms with van der Waals surface area (Å²) in [6.45, 7) is 2.04. The highest BCUT2D eigenvalue weighted by Gasteiger charge is 2.14. The van der Waals surface area contributed by atoms with Crippen LogP contribution >= 0.6 is 11.6 Å². The second-order valence-electron chi connectivity index (χ2n) is 4.91. The Morgan fingerprint density at radius 3 is 2.64 bits per heavy atom. The van der Waals surface area contributed by atoms with Crippen molar-refractivity contribution < 1.29 is 14.6 Å². The molecule has 1 atom stereocenters. The average Bonchev–Trinajstić information content (AvgIpc) is 2.54. The molecule has 22 heavy (non-hydrogen) atoms. The van der Waals surface area contributed by atoms with Gasteiger partial charge in [0.2, 0.25) is 0 Å². The van der Waals surface area contributed by atoms with Crippen LogP contribution in [0, 0.1) is 0 Å². The number of carbonyl (C=O) groups is 1. The Labute approximate surface area is 134 Å². The highest BCUT2D eigenvalue weighted by Crippen LogP contribution is 2.15. The Bertz CT molecular complexity index is 628. The molecule has 4 nitrogen and oxygen atoms in total. The van der Waals surface area contributed by atoms with Crippen LogP contribution in [0.15, 0.2) is 48.5 Å². The lowest BCUT2D eigenvalue weighted by molar-refractivity contribution is -0.127. The van der Waals surface area contributed by atoms with Crippen LogP contribution in [0.2, 0.25) is 5.02 Å². The van der Waals surface area contributed by atoms with Crippen LogP contribution < -0.4 is 10.1 Å². The third-order valence-electron chi connectivity index (χ3n) is 3.14. The van der Waals surface area contributed by atoms with Gasteiger partial charge in [-0.3, -0.25) is 4.79 Å². The van der Waals surface area contributed by atoms with Crippen molar-refractivity contribution in [3.63, 3.8) is 0 Å². The molecule has 0 aliphatic heterocycles. The lowest BCUT2D eigenvalue weighted by Gasteiger charge is -2.15. The van der Waals surface area contributed by atoms with Crippen molar-refractivity contribution in [3.05, 3.63) is 64.7 Å². The lowest BCUT2D eigenvalue weighted by Crippen LogP contribution is -2.35. The molecule has 0 saturated heterocycles. The molecular formula is C17H18ClNO3. The number of halogens is 1. The predicted octanol–water partition coefficient (Wildman–Crippen LogP) is 2.92. The van der Waals surface area contributed by atoms with E-state index in [9.17, 15) is 4.79 Å². The summed E-state index contributed by atoms with van der Waals surface area (Å²) in [5.74, 6) is 0.352. The quantitative estimate of drug-likeness (QED) is 0.860. The highest BCUT2D eigenvalue weighted by molar-refractivity contribution is 6.30. The maximum atomic E-state index is 12.0. The molecule has 0 fully saturated rings. The van der Waals surface area contributed by atoms with Crippen molar-refractivity contribution in [3.8, 4) is 5.75 Å². The number of aliphatic hydroxyl groups is 1. The number of benzene rings is 2. The van der Waals surface area contributed by atoms with Crippen LogP contribution in [0.1, 0.15) is 18.1 Å². The fraction of sp³-hybridized carbons (Fsp3) is 0.235. The van der Waals surface area contributed by atoms with Crippen LogP contribution in [-0.4, -0.2) is 17.1 Å². The first-order valence-electron chi connectivity index (χ1n) is 6.97. The van der Waals surface area contributed by atoms with Gasteiger partial charge >= 0.3 is 0 Å². The number of rotatable bonds is 6. The second-order valence-corrected chi connectivity index (χ2v) is 5.35. The van der Waals surface area contributed by atoms with Crippen LogP contribution in [0.3, 0.4) is 0 Å². The van der Waals surface area contributed by atoms with Gasteiger partial charge < -0.3 is 15.2 Å². The van der Waals surface area contributed by atoms with E-state index in [0.29, 0.717) is 17.3 Å². The number of hydrogen-bond acceptors (Lipinski definition) is 3. The van der Waals surface area contributed by atoms with Crippen molar-refractivity contribution in [2.45, 2.75) is 26.2 Å². The zero-order valence-corrected chi connectivity index (χ0v) is 13.0. The van der Waals surface area contributed by atoms with Gasteiger partial charge in [-0.15, -0.1) is 0 Å². The number of nitrogens with one attached hydrogen (secondary N) is 1. The van der Waals surface area contributed by atoms with Gasteiger partial charge in [0.15, 0.2) is 6.10 Å². The van der Waals surface area contributed by atoms with Crippen molar-refractivity contribution in [1.29, 1.82) is 0 Å². The Morgan fingerprint density at radius 1 is 1.23 bits per heavy atom. The number of carbonyl (C=O) groups excluding carboxylic acids is 1. The summed E-state index contributed by atoms with van der Waals surface area (Å²) >= 11 is 5.81. The summed E-state index contributed by atoms with van der Waals surface area (Å²) in [7, 11) is 0. The Hall–Kier alpha value is -2.04. The summed E-state index contributed by atoms with van der Waals surface area (Å²) in [5.41, 5.74) is 1.71. The predicted molar refractivity (Wildman–Crippen MR) is 85.8 cm³/mol. The molecule has 2 N–H and O–H groups in total. The number of amides is 1. The van der Waals surface area contributed by atoms with Crippen LogP contribution in [0.4, 0.5) is 0 Å². The van der Waals surface area contributed by atoms with Gasteiger partial charge in [-0.25, -0.2) is 0 Å². The van der Waals surface area contributed by atoms with E-state index in [2.05, 4.69) is 5.32 Å². The molecule has 0 radical (unpaired) electrons. The second kappa shape index (κ2) is 7.82. The van der Waals surface area contributed by atoms with Crippen molar-refractivity contribution in [2.75, 3.05) is 0 Å². The first-order valence-corrected chi connectivity index (χ1v) is 7.35. The molecule has 0 aliphatic carbocycles. The Balaban J connectivity index is 1.87. The van der Waals surface area contributed by atoms with Gasteiger partial charge in [0, 0.05) is 11.6 Å². The van der Waals surface area contributed by atoms with Gasteiger partial charge in [-0.2, -0.15) is 0 Å². The van der Waals surface area contributed by atoms with Gasteiger partial charge in [-0.1, -0.05) is 35.9 Å². The molecule has 2 rings (SSSR count). The first-order chi connectivity index (χ1) is 10.6. The van der Waals surface area contributed by atoms with Crippen molar-refractivity contribution in [2.24, 2.45) is 0 Å². The van der Waals surface area contributed by atoms with Crippen molar-refractivity contribution in [1.82, 2.24) is 5.32 Å². The molecule has 1 amide bonds. The van der Waals surface area contributed by atoms with Gasteiger partial charge in [0.1, 0.15) is 5.75 Å². The molecule has 0 heterocycles. The number of ether oxygens (including phenoxy) is 1. The van der Waals surface area contributed by atoms with E-state index in [-0.39, 0.29) is 12.5 Å². The molecule has 0 aromatic heterocycles. The smallest absolute Gasteiger partial charge is 0.261 e. The standard InChI is InChI=1S/C17H18ClNO3/c1-12(22-16-4-2-3-14(9-16)11-20)17(21)19-10-13-5-7-15(18)8-6-13/h2-9,12,20H,10-11H2,1H3,(H,19,21). The zero-order valence-electron chi connectivity index (χ0n) is 12.3. The molecule has 0 bridgehead atoms. The third-order valence-corrected chi connectivity index (χ3v) is 3.40. The summed E-state index contributed by atoms with van der Waals surface area (Å²) in [4.78, 5) is 12.0. The van der Waals surface area contributed by atoms with E-state index in [4.69, 9.17) is 21.4 Å². The van der Waals surface area contributed by atoms with E-state index in [1.165, 1.54) is 0 Å². The fourth-order valence-electron chi connectivity index (χ4n) is 1.91. The molecule has 0 saturated carbocycles. The summed E-state index contributed by atoms with van der Waals surface area (Å²) in [5, 5.41) is 12.6. The lowest BCUT2D eigenvalue weighted by atomic mass is 10.2. The first kappa shape index (κ1) is 16.3. The normalized spacial score (nSPS) is 11.8. The molecule has 0 aliphatic rings. The maximum absolute atomic E-state index is 12.0. The SMILES string of the molecule is CC(Oc1cccc(CO)c1)C(=O)NCc1ccc(Cl)cc1. The molecule has 2 aromatic rings. The monoisotopic (exact) mass is 319 g/mol. The van der Waals surface area contributed by atoms with Crippen LogP contribution in [0.5, 0.6) is 5.75 Å². The van der Waals surface area contributed by atoms with Crippen molar-refractivity contribution >= 4 is 17.5 Å². The van der Waals surface area contributed by atoms with Gasteiger partial charge in [-0.05, 0) is 42.3 Å². The third kappa shape index (κ3) is 4.76. The highest BCUT2D eigenvalue weighted by atomic mass is 35.5. The fourth-order valence-corrected chi connectivity index (χ4v) is 2.04. The minimum atomic E-state index is -0.624. The largest absolute Gasteiger partial charge is 0.481 e. The number of hydrogen-bond donors (Lipinski definition) is 2. The van der Waals surface area contributed by atoms with Gasteiger partial charge in [0.25, 0.3) is 5.91 Å². The van der Waals surface area contributed by atoms with E-state index in [0.717, 1.165) is 11.1 Å². The molecular weight excluding hydrogens is 302 g/mol. The Kier molecular flexibility index (Phi) is 5.81. The minimum absolute atomic E-state index is 0.0612. The van der Waals surface area contributed by atoms with E-state index in [1.807, 2.05) is 12.1 Å². The minimum Gasteiger partial charge on any atom is -0.481 e. The summed E-state index contributed by atoms with van der Waals surface area (Å²) in [6, 6.07) is 14.3. The number of aliphatic hydroxyl groups excluding tert-OH is 1. The molecule has 0 spiro atoms. The Morgan fingerprint density at radius 2 is 1.95 bits per heavy atom.